The van der Waals surface area contributed by atoms with Crippen molar-refractivity contribution in [3.8, 4) is 0 Å². The summed E-state index contributed by atoms with van der Waals surface area (Å²) in [6, 6.07) is 2.01. The van der Waals surface area contributed by atoms with Crippen LogP contribution in [0.4, 0.5) is 0 Å². The van der Waals surface area contributed by atoms with Crippen LogP contribution in [0, 0.1) is 0 Å². The predicted octanol–water partition coefficient (Wildman–Crippen LogP) is 3.28. The van der Waals surface area contributed by atoms with E-state index in [0.29, 0.717) is 6.54 Å². The lowest BCUT2D eigenvalue weighted by molar-refractivity contribution is -0.116. The Morgan fingerprint density at radius 3 is 3.06 bits per heavy atom. The molecule has 1 N–H and O–H groups in total. The summed E-state index contributed by atoms with van der Waals surface area (Å²) in [6.07, 6.45) is 9.49. The highest BCUT2D eigenvalue weighted by atomic mass is 32.1. The molecule has 0 radical (unpaired) electrons. The fourth-order valence-corrected chi connectivity index (χ4v) is 1.79. The molecule has 1 rings (SSSR count). The molecule has 1 aromatic heterocycles. The number of nitrogens with one attached hydrogen (secondary N) is 1. The Bertz CT molecular complexity index is 352. The molecule has 86 valence electrons. The van der Waals surface area contributed by atoms with Crippen molar-refractivity contribution in [1.29, 1.82) is 0 Å². The van der Waals surface area contributed by atoms with Crippen LogP contribution in [-0.4, -0.2) is 5.91 Å². The molecule has 1 heterocycles. The summed E-state index contributed by atoms with van der Waals surface area (Å²) in [6.45, 7) is 2.73. The zero-order valence-electron chi connectivity index (χ0n) is 9.48. The highest BCUT2D eigenvalue weighted by Gasteiger charge is 1.95. The van der Waals surface area contributed by atoms with Crippen LogP contribution in [0.15, 0.2) is 41.1 Å². The monoisotopic (exact) mass is 235 g/mol. The first-order chi connectivity index (χ1) is 7.83. The molecule has 0 aliphatic heterocycles. The number of unbranched alkanes of at least 4 members (excludes halogenated alkanes) is 1. The summed E-state index contributed by atoms with van der Waals surface area (Å²) < 4.78 is 0. The van der Waals surface area contributed by atoms with E-state index < -0.39 is 0 Å². The van der Waals surface area contributed by atoms with Gasteiger partial charge in [0, 0.05) is 12.6 Å². The van der Waals surface area contributed by atoms with E-state index in [1.54, 1.807) is 23.5 Å². The predicted molar refractivity (Wildman–Crippen MR) is 69.4 cm³/mol. The van der Waals surface area contributed by atoms with E-state index in [-0.39, 0.29) is 5.91 Å². The van der Waals surface area contributed by atoms with Gasteiger partial charge in [0.15, 0.2) is 0 Å². The zero-order chi connectivity index (χ0) is 11.6. The third-order valence-electron chi connectivity index (χ3n) is 2.00. The van der Waals surface area contributed by atoms with E-state index >= 15 is 0 Å². The van der Waals surface area contributed by atoms with Crippen LogP contribution >= 0.6 is 11.3 Å². The Hall–Kier alpha value is -1.35. The van der Waals surface area contributed by atoms with Crippen LogP contribution in [0.1, 0.15) is 25.3 Å². The van der Waals surface area contributed by atoms with Gasteiger partial charge in [-0.2, -0.15) is 11.3 Å². The lowest BCUT2D eigenvalue weighted by atomic mass is 10.3. The van der Waals surface area contributed by atoms with Gasteiger partial charge in [0.25, 0.3) is 0 Å². The Kier molecular flexibility index (Phi) is 6.26. The number of carbonyl (C=O) groups is 1. The second-order valence-electron chi connectivity index (χ2n) is 3.43. The van der Waals surface area contributed by atoms with Gasteiger partial charge in [-0.1, -0.05) is 31.6 Å². The van der Waals surface area contributed by atoms with Crippen molar-refractivity contribution in [2.24, 2.45) is 0 Å². The summed E-state index contributed by atoms with van der Waals surface area (Å²) in [4.78, 5) is 11.3. The molecule has 0 aliphatic carbocycles. The number of allylic oxidation sites excluding steroid dienone is 3. The van der Waals surface area contributed by atoms with Crippen molar-refractivity contribution in [3.63, 3.8) is 0 Å². The number of hydrogen-bond donors (Lipinski definition) is 1. The first-order valence-corrected chi connectivity index (χ1v) is 6.39. The molecular formula is C13H17NOS. The van der Waals surface area contributed by atoms with Crippen LogP contribution in [0.5, 0.6) is 0 Å². The Morgan fingerprint density at radius 1 is 1.50 bits per heavy atom. The van der Waals surface area contributed by atoms with Gasteiger partial charge in [-0.25, -0.2) is 0 Å². The molecule has 0 atom stereocenters. The van der Waals surface area contributed by atoms with E-state index in [4.69, 9.17) is 0 Å². The maximum Gasteiger partial charge on any atom is 0.244 e. The number of carbonyl (C=O) groups excluding carboxylic acids is 1. The van der Waals surface area contributed by atoms with Gasteiger partial charge in [-0.05, 0) is 28.8 Å². The van der Waals surface area contributed by atoms with Crippen LogP contribution in [-0.2, 0) is 11.3 Å². The molecule has 1 amide bonds. The van der Waals surface area contributed by atoms with E-state index in [2.05, 4.69) is 18.3 Å². The molecule has 0 aliphatic rings. The van der Waals surface area contributed by atoms with Crippen molar-refractivity contribution < 1.29 is 4.79 Å². The minimum atomic E-state index is -0.0488. The van der Waals surface area contributed by atoms with Crippen LogP contribution in [0.25, 0.3) is 0 Å². The van der Waals surface area contributed by atoms with Crippen molar-refractivity contribution in [1.82, 2.24) is 5.32 Å². The molecule has 0 aromatic carbocycles. The normalized spacial score (nSPS) is 11.3. The van der Waals surface area contributed by atoms with E-state index in [1.807, 2.05) is 22.9 Å². The quantitative estimate of drug-likeness (QED) is 0.595. The first kappa shape index (κ1) is 12.7. The summed E-state index contributed by atoms with van der Waals surface area (Å²) in [5, 5.41) is 6.86. The topological polar surface area (TPSA) is 29.1 Å². The fourth-order valence-electron chi connectivity index (χ4n) is 1.13. The maximum absolute atomic E-state index is 11.3. The second kappa shape index (κ2) is 7.88. The molecule has 2 nitrogen and oxygen atoms in total. The zero-order valence-corrected chi connectivity index (χ0v) is 10.3. The minimum absolute atomic E-state index is 0.0488. The number of rotatable bonds is 6. The van der Waals surface area contributed by atoms with Crippen LogP contribution in [0.3, 0.4) is 0 Å². The molecule has 0 saturated carbocycles. The van der Waals surface area contributed by atoms with Gasteiger partial charge in [0.05, 0.1) is 0 Å². The summed E-state index contributed by atoms with van der Waals surface area (Å²) in [7, 11) is 0. The van der Waals surface area contributed by atoms with Gasteiger partial charge < -0.3 is 5.32 Å². The van der Waals surface area contributed by atoms with E-state index in [0.717, 1.165) is 18.4 Å². The minimum Gasteiger partial charge on any atom is -0.348 e. The van der Waals surface area contributed by atoms with Gasteiger partial charge in [-0.15, -0.1) is 0 Å². The van der Waals surface area contributed by atoms with Crippen LogP contribution in [0.2, 0.25) is 0 Å². The second-order valence-corrected chi connectivity index (χ2v) is 4.21. The number of thiophene rings is 1. The summed E-state index contributed by atoms with van der Waals surface area (Å²) >= 11 is 1.64. The SMILES string of the molecule is CCC/C=C/C=C/C(=O)NCc1ccsc1. The lowest BCUT2D eigenvalue weighted by Crippen LogP contribution is -2.19. The standard InChI is InChI=1S/C13H17NOS/c1-2-3-4-5-6-7-13(15)14-10-12-8-9-16-11-12/h4-9,11H,2-3,10H2,1H3,(H,14,15)/b5-4+,7-6+. The highest BCUT2D eigenvalue weighted by molar-refractivity contribution is 7.07. The molecule has 0 unspecified atom stereocenters. The molecule has 0 saturated heterocycles. The average Bonchev–Trinajstić information content (AvgIpc) is 2.79. The smallest absolute Gasteiger partial charge is 0.244 e. The summed E-state index contributed by atoms with van der Waals surface area (Å²) in [5.41, 5.74) is 1.15. The Balaban J connectivity index is 2.20. The molecule has 16 heavy (non-hydrogen) atoms. The van der Waals surface area contributed by atoms with E-state index in [1.165, 1.54) is 0 Å². The molecule has 0 spiro atoms. The summed E-state index contributed by atoms with van der Waals surface area (Å²) in [5.74, 6) is -0.0488. The lowest BCUT2D eigenvalue weighted by Gasteiger charge is -1.98. The van der Waals surface area contributed by atoms with Crippen molar-refractivity contribution in [3.05, 3.63) is 46.7 Å². The van der Waals surface area contributed by atoms with E-state index in [9.17, 15) is 4.79 Å². The van der Waals surface area contributed by atoms with Crippen molar-refractivity contribution in [2.45, 2.75) is 26.3 Å². The third kappa shape index (κ3) is 5.51. The highest BCUT2D eigenvalue weighted by Crippen LogP contribution is 2.04. The fraction of sp³-hybridized carbons (Fsp3) is 0.308. The third-order valence-corrected chi connectivity index (χ3v) is 2.73. The van der Waals surface area contributed by atoms with Crippen LogP contribution < -0.4 is 5.32 Å². The molecule has 3 heteroatoms. The Morgan fingerprint density at radius 2 is 2.38 bits per heavy atom. The van der Waals surface area contributed by atoms with Gasteiger partial charge >= 0.3 is 0 Å². The Labute approximate surface area is 101 Å². The molecule has 0 fully saturated rings. The average molecular weight is 235 g/mol. The van der Waals surface area contributed by atoms with Gasteiger partial charge in [0.2, 0.25) is 5.91 Å². The first-order valence-electron chi connectivity index (χ1n) is 5.45. The van der Waals surface area contributed by atoms with Crippen molar-refractivity contribution >= 4 is 17.2 Å². The molecular weight excluding hydrogens is 218 g/mol. The molecule has 0 bridgehead atoms. The van der Waals surface area contributed by atoms with Gasteiger partial charge in [0.1, 0.15) is 0 Å². The van der Waals surface area contributed by atoms with Crippen molar-refractivity contribution in [2.75, 3.05) is 0 Å². The maximum atomic E-state index is 11.3. The molecule has 1 aromatic rings. The largest absolute Gasteiger partial charge is 0.348 e. The van der Waals surface area contributed by atoms with Gasteiger partial charge in [-0.3, -0.25) is 4.79 Å². The number of amides is 1. The number of hydrogen-bond acceptors (Lipinski definition) is 2.